The van der Waals surface area contributed by atoms with Gasteiger partial charge in [0, 0.05) is 5.69 Å². The number of carbonyl (C=O) groups excluding carboxylic acids is 2. The van der Waals surface area contributed by atoms with E-state index in [1.165, 1.54) is 11.8 Å². The first-order valence-corrected chi connectivity index (χ1v) is 5.71. The molecular weight excluding hydrogens is 230 g/mol. The minimum atomic E-state index is -0.903. The first kappa shape index (κ1) is 12.4. The van der Waals surface area contributed by atoms with Crippen molar-refractivity contribution < 1.29 is 14.7 Å². The quantitative estimate of drug-likeness (QED) is 0.813. The first-order valence-electron chi connectivity index (χ1n) is 5.71. The fourth-order valence-corrected chi connectivity index (χ4v) is 2.21. The zero-order valence-corrected chi connectivity index (χ0v) is 10.6. The molecule has 2 rings (SSSR count). The highest BCUT2D eigenvalue weighted by Gasteiger charge is 2.47. The largest absolute Gasteiger partial charge is 0.509 e. The molecule has 0 fully saturated rings. The summed E-state index contributed by atoms with van der Waals surface area (Å²) >= 11 is 0. The Bertz CT molecular complexity index is 543. The smallest absolute Gasteiger partial charge is 0.266 e. The van der Waals surface area contributed by atoms with Gasteiger partial charge in [0.15, 0.2) is 5.78 Å². The maximum Gasteiger partial charge on any atom is 0.266 e. The van der Waals surface area contributed by atoms with Crippen LogP contribution in [-0.4, -0.2) is 22.3 Å². The minimum Gasteiger partial charge on any atom is -0.509 e. The van der Waals surface area contributed by atoms with Gasteiger partial charge >= 0.3 is 0 Å². The first-order chi connectivity index (χ1) is 8.37. The molecule has 94 valence electrons. The number of rotatable bonds is 2. The number of para-hydroxylation sites is 1. The van der Waals surface area contributed by atoms with E-state index in [2.05, 4.69) is 0 Å². The predicted octanol–water partition coefficient (Wildman–Crippen LogP) is 2.21. The minimum absolute atomic E-state index is 0.121. The van der Waals surface area contributed by atoms with Crippen LogP contribution in [0.25, 0.3) is 0 Å². The van der Waals surface area contributed by atoms with Gasteiger partial charge in [-0.1, -0.05) is 18.2 Å². The van der Waals surface area contributed by atoms with Crippen LogP contribution in [0.2, 0.25) is 0 Å². The van der Waals surface area contributed by atoms with Gasteiger partial charge in [-0.2, -0.15) is 0 Å². The standard InChI is InChI=1S/C14H15NO3/c1-9(16)11-12(17)14(2,3)15(13(11)18)10-7-5-4-6-8-10/h4-8,17H,1-3H3. The molecular formula is C14H15NO3. The predicted molar refractivity (Wildman–Crippen MR) is 68.3 cm³/mol. The van der Waals surface area contributed by atoms with Crippen molar-refractivity contribution in [3.8, 4) is 0 Å². The molecule has 1 amide bonds. The molecule has 4 nitrogen and oxygen atoms in total. The van der Waals surface area contributed by atoms with E-state index in [-0.39, 0.29) is 11.3 Å². The van der Waals surface area contributed by atoms with Crippen LogP contribution < -0.4 is 4.90 Å². The van der Waals surface area contributed by atoms with Crippen molar-refractivity contribution in [2.75, 3.05) is 4.90 Å². The van der Waals surface area contributed by atoms with Gasteiger partial charge in [-0.05, 0) is 32.9 Å². The van der Waals surface area contributed by atoms with E-state index in [4.69, 9.17) is 0 Å². The van der Waals surface area contributed by atoms with Crippen molar-refractivity contribution in [2.24, 2.45) is 0 Å². The average molecular weight is 245 g/mol. The molecule has 0 unspecified atom stereocenters. The lowest BCUT2D eigenvalue weighted by Gasteiger charge is -2.32. The third-order valence-corrected chi connectivity index (χ3v) is 3.16. The molecule has 0 aliphatic carbocycles. The maximum atomic E-state index is 12.3. The van der Waals surface area contributed by atoms with Crippen LogP contribution in [0.3, 0.4) is 0 Å². The van der Waals surface area contributed by atoms with Crippen molar-refractivity contribution in [3.05, 3.63) is 41.7 Å². The molecule has 4 heteroatoms. The third kappa shape index (κ3) is 1.61. The van der Waals surface area contributed by atoms with Crippen molar-refractivity contribution in [1.29, 1.82) is 0 Å². The fraction of sp³-hybridized carbons (Fsp3) is 0.286. The second kappa shape index (κ2) is 3.98. The molecule has 18 heavy (non-hydrogen) atoms. The van der Waals surface area contributed by atoms with Crippen LogP contribution in [-0.2, 0) is 9.59 Å². The summed E-state index contributed by atoms with van der Waals surface area (Å²) in [7, 11) is 0. The van der Waals surface area contributed by atoms with Crippen LogP contribution in [0, 0.1) is 0 Å². The summed E-state index contributed by atoms with van der Waals surface area (Å²) in [5, 5.41) is 10.1. The van der Waals surface area contributed by atoms with Crippen LogP contribution in [0.15, 0.2) is 41.7 Å². The summed E-state index contributed by atoms with van der Waals surface area (Å²) in [6.07, 6.45) is 0. The fourth-order valence-electron chi connectivity index (χ4n) is 2.21. The Kier molecular flexibility index (Phi) is 2.73. The Morgan fingerprint density at radius 1 is 1.22 bits per heavy atom. The van der Waals surface area contributed by atoms with Gasteiger partial charge in [0.1, 0.15) is 16.9 Å². The van der Waals surface area contributed by atoms with Crippen LogP contribution >= 0.6 is 0 Å². The van der Waals surface area contributed by atoms with Crippen molar-refractivity contribution in [3.63, 3.8) is 0 Å². The Hall–Kier alpha value is -2.10. The number of nitrogens with zero attached hydrogens (tertiary/aromatic N) is 1. The number of aliphatic hydroxyl groups excluding tert-OH is 1. The van der Waals surface area contributed by atoms with E-state index in [1.807, 2.05) is 18.2 Å². The highest BCUT2D eigenvalue weighted by molar-refractivity contribution is 6.27. The monoisotopic (exact) mass is 245 g/mol. The lowest BCUT2D eigenvalue weighted by molar-refractivity contribution is -0.119. The zero-order valence-electron chi connectivity index (χ0n) is 10.6. The summed E-state index contributed by atoms with van der Waals surface area (Å²) in [4.78, 5) is 25.2. The van der Waals surface area contributed by atoms with E-state index in [0.29, 0.717) is 5.69 Å². The lowest BCUT2D eigenvalue weighted by atomic mass is 10.0. The molecule has 0 saturated carbocycles. The molecule has 1 heterocycles. The summed E-state index contributed by atoms with van der Waals surface area (Å²) in [5.41, 5.74) is -0.362. The highest BCUT2D eigenvalue weighted by atomic mass is 16.3. The second-order valence-electron chi connectivity index (χ2n) is 4.81. The number of anilines is 1. The average Bonchev–Trinajstić information content (AvgIpc) is 2.46. The number of ketones is 1. The van der Waals surface area contributed by atoms with E-state index < -0.39 is 17.2 Å². The molecule has 0 spiro atoms. The van der Waals surface area contributed by atoms with Crippen LogP contribution in [0.5, 0.6) is 0 Å². The number of benzene rings is 1. The molecule has 1 aliphatic rings. The molecule has 1 aromatic carbocycles. The van der Waals surface area contributed by atoms with Gasteiger partial charge in [-0.25, -0.2) is 0 Å². The number of hydrogen-bond acceptors (Lipinski definition) is 3. The van der Waals surface area contributed by atoms with Gasteiger partial charge in [-0.3, -0.25) is 14.5 Å². The normalized spacial score (nSPS) is 18.4. The number of carbonyl (C=O) groups is 2. The number of hydrogen-bond donors (Lipinski definition) is 1. The lowest BCUT2D eigenvalue weighted by Crippen LogP contribution is -2.44. The van der Waals surface area contributed by atoms with Gasteiger partial charge in [0.05, 0.1) is 0 Å². The van der Waals surface area contributed by atoms with Crippen molar-refractivity contribution >= 4 is 17.4 Å². The van der Waals surface area contributed by atoms with Crippen molar-refractivity contribution in [2.45, 2.75) is 26.3 Å². The zero-order chi connectivity index (χ0) is 13.5. The summed E-state index contributed by atoms with van der Waals surface area (Å²) in [6, 6.07) is 9.01. The van der Waals surface area contributed by atoms with E-state index in [1.54, 1.807) is 26.0 Å². The molecule has 0 bridgehead atoms. The second-order valence-corrected chi connectivity index (χ2v) is 4.81. The van der Waals surface area contributed by atoms with E-state index >= 15 is 0 Å². The molecule has 1 aromatic rings. The molecule has 0 atom stereocenters. The van der Waals surface area contributed by atoms with Gasteiger partial charge in [0.25, 0.3) is 5.91 Å². The number of aliphatic hydroxyl groups is 1. The molecule has 0 radical (unpaired) electrons. The third-order valence-electron chi connectivity index (χ3n) is 3.16. The Balaban J connectivity index is 2.55. The van der Waals surface area contributed by atoms with E-state index in [0.717, 1.165) is 0 Å². The van der Waals surface area contributed by atoms with Gasteiger partial charge in [-0.15, -0.1) is 0 Å². The molecule has 1 aliphatic heterocycles. The summed E-state index contributed by atoms with van der Waals surface area (Å²) < 4.78 is 0. The SMILES string of the molecule is CC(=O)C1=C(O)C(C)(C)N(c2ccccc2)C1=O. The number of Topliss-reactive ketones (excluding diaryl/α,β-unsaturated/α-hetero) is 1. The van der Waals surface area contributed by atoms with Gasteiger partial charge < -0.3 is 5.11 Å². The van der Waals surface area contributed by atoms with Crippen LogP contribution in [0.1, 0.15) is 20.8 Å². The Morgan fingerprint density at radius 3 is 2.22 bits per heavy atom. The summed E-state index contributed by atoms with van der Waals surface area (Å²) in [5.74, 6) is -1.02. The Labute approximate surface area is 106 Å². The molecule has 0 saturated heterocycles. The Morgan fingerprint density at radius 2 is 1.78 bits per heavy atom. The highest BCUT2D eigenvalue weighted by Crippen LogP contribution is 2.37. The maximum absolute atomic E-state index is 12.3. The topological polar surface area (TPSA) is 57.6 Å². The van der Waals surface area contributed by atoms with Gasteiger partial charge in [0.2, 0.25) is 0 Å². The summed E-state index contributed by atoms with van der Waals surface area (Å²) in [6.45, 7) is 4.71. The van der Waals surface area contributed by atoms with Crippen LogP contribution in [0.4, 0.5) is 5.69 Å². The van der Waals surface area contributed by atoms with E-state index in [9.17, 15) is 14.7 Å². The molecule has 0 aromatic heterocycles. The molecule has 1 N–H and O–H groups in total. The van der Waals surface area contributed by atoms with Crippen molar-refractivity contribution in [1.82, 2.24) is 0 Å². The number of amides is 1.